The maximum absolute atomic E-state index is 13.2. The van der Waals surface area contributed by atoms with E-state index in [0.717, 1.165) is 4.90 Å². The van der Waals surface area contributed by atoms with Gasteiger partial charge in [0.15, 0.2) is 5.96 Å². The van der Waals surface area contributed by atoms with Crippen molar-refractivity contribution in [1.29, 1.82) is 0 Å². The van der Waals surface area contributed by atoms with Crippen molar-refractivity contribution < 1.29 is 48.9 Å². The summed E-state index contributed by atoms with van der Waals surface area (Å²) in [5.74, 6) is -7.94. The van der Waals surface area contributed by atoms with Crippen LogP contribution in [-0.4, -0.2) is 135 Å². The maximum Gasteiger partial charge on any atom is 0.327 e. The molecule has 0 radical (unpaired) electrons. The smallest absolute Gasteiger partial charge is 0.327 e. The Morgan fingerprint density at radius 3 is 1.98 bits per heavy atom. The fourth-order valence-electron chi connectivity index (χ4n) is 4.19. The number of aliphatic hydroxyl groups is 1. The molecule has 45 heavy (non-hydrogen) atoms. The van der Waals surface area contributed by atoms with Gasteiger partial charge in [-0.15, -0.1) is 0 Å². The Hall–Kier alpha value is -3.82. The molecule has 21 heteroatoms. The van der Waals surface area contributed by atoms with Gasteiger partial charge in [0.2, 0.25) is 29.5 Å². The minimum atomic E-state index is -1.76. The molecule has 1 aliphatic heterocycles. The van der Waals surface area contributed by atoms with Gasteiger partial charge in [0.1, 0.15) is 30.2 Å². The van der Waals surface area contributed by atoms with Crippen molar-refractivity contribution >= 4 is 72.7 Å². The summed E-state index contributed by atoms with van der Waals surface area (Å²) in [6.07, 6.45) is 0.132. The van der Waals surface area contributed by atoms with Gasteiger partial charge in [-0.05, 0) is 25.7 Å². The number of thiol groups is 2. The molecular weight excluding hydrogens is 638 g/mol. The third-order valence-corrected chi connectivity index (χ3v) is 7.29. The highest BCUT2D eigenvalue weighted by Crippen LogP contribution is 2.19. The fraction of sp³-hybridized carbons (Fsp3) is 0.667. The van der Waals surface area contributed by atoms with E-state index >= 15 is 0 Å². The van der Waals surface area contributed by atoms with Crippen LogP contribution in [0, 0.1) is 0 Å². The van der Waals surface area contributed by atoms with E-state index in [9.17, 15) is 48.9 Å². The summed E-state index contributed by atoms with van der Waals surface area (Å²) in [4.78, 5) is 91.9. The number of likely N-dealkylation sites (tertiary alicyclic amines) is 1. The molecule has 1 heterocycles. The second kappa shape index (κ2) is 19.5. The van der Waals surface area contributed by atoms with Crippen LogP contribution in [0.5, 0.6) is 0 Å². The van der Waals surface area contributed by atoms with E-state index in [4.69, 9.17) is 17.2 Å². The van der Waals surface area contributed by atoms with Crippen LogP contribution in [0.25, 0.3) is 0 Å². The van der Waals surface area contributed by atoms with Crippen molar-refractivity contribution in [2.24, 2.45) is 22.2 Å². The fourth-order valence-corrected chi connectivity index (χ4v) is 4.70. The number of carboxylic acid groups (broad SMARTS) is 2. The van der Waals surface area contributed by atoms with Gasteiger partial charge in [-0.3, -0.25) is 33.8 Å². The van der Waals surface area contributed by atoms with E-state index in [1.165, 1.54) is 0 Å². The van der Waals surface area contributed by atoms with Crippen molar-refractivity contribution in [3.05, 3.63) is 0 Å². The van der Waals surface area contributed by atoms with Gasteiger partial charge >= 0.3 is 11.9 Å². The van der Waals surface area contributed by atoms with E-state index in [1.54, 1.807) is 0 Å². The standard InChI is InChI=1S/C24H41N9O10S2/c25-11(3-1-5-28-24(26)27)18(37)31-14(9-44)20(39)29-12(7-17(35)36)19(38)30-13(8-34)22(41)33-6-2-4-16(33)21(40)32-15(10-45)23(42)43/h11-16,34,44-45H,1-10,25H2,(H,29,39)(H,30,38)(H,31,37)(H,32,40)(H,35,36)(H,42,43)(H4,26,27,28). The first-order valence-corrected chi connectivity index (χ1v) is 15.0. The highest BCUT2D eigenvalue weighted by molar-refractivity contribution is 7.80. The molecule has 1 aliphatic rings. The van der Waals surface area contributed by atoms with Crippen LogP contribution in [0.2, 0.25) is 0 Å². The minimum absolute atomic E-state index is 0.0525. The highest BCUT2D eigenvalue weighted by Gasteiger charge is 2.39. The predicted octanol–water partition coefficient (Wildman–Crippen LogP) is -5.29. The first-order valence-electron chi connectivity index (χ1n) is 13.8. The van der Waals surface area contributed by atoms with Crippen LogP contribution in [0.4, 0.5) is 0 Å². The second-order valence-corrected chi connectivity index (χ2v) is 10.7. The van der Waals surface area contributed by atoms with Gasteiger partial charge in [-0.2, -0.15) is 25.3 Å². The number of aliphatic imine (C=N–C) groups is 1. The number of aliphatic hydroxyl groups excluding tert-OH is 1. The number of nitrogens with one attached hydrogen (secondary N) is 4. The van der Waals surface area contributed by atoms with Gasteiger partial charge in [0.25, 0.3) is 0 Å². The van der Waals surface area contributed by atoms with Crippen molar-refractivity contribution in [2.45, 2.75) is 68.4 Å². The molecule has 0 bridgehead atoms. The van der Waals surface area contributed by atoms with Crippen LogP contribution >= 0.6 is 25.3 Å². The minimum Gasteiger partial charge on any atom is -0.481 e. The molecular formula is C24H41N9O10S2. The molecule has 5 amide bonds. The van der Waals surface area contributed by atoms with E-state index in [1.807, 2.05) is 0 Å². The molecule has 19 nitrogen and oxygen atoms in total. The van der Waals surface area contributed by atoms with Crippen molar-refractivity contribution in [2.75, 3.05) is 31.2 Å². The van der Waals surface area contributed by atoms with E-state index in [0.29, 0.717) is 12.8 Å². The summed E-state index contributed by atoms with van der Waals surface area (Å²) in [6, 6.07) is -8.19. The lowest BCUT2D eigenvalue weighted by molar-refractivity contribution is -0.145. The molecule has 0 aromatic rings. The number of nitrogens with two attached hydrogens (primary N) is 3. The number of hydrogen-bond donors (Lipinski definition) is 12. The summed E-state index contributed by atoms with van der Waals surface area (Å²) in [7, 11) is 0. The van der Waals surface area contributed by atoms with Gasteiger partial charge < -0.3 is 58.7 Å². The third-order valence-electron chi connectivity index (χ3n) is 6.56. The number of carbonyl (C=O) groups excluding carboxylic acids is 5. The van der Waals surface area contributed by atoms with Crippen LogP contribution < -0.4 is 38.5 Å². The Labute approximate surface area is 269 Å². The van der Waals surface area contributed by atoms with Gasteiger partial charge in [0, 0.05) is 24.6 Å². The lowest BCUT2D eigenvalue weighted by Crippen LogP contribution is -2.60. The normalized spacial score (nSPS) is 17.5. The third kappa shape index (κ3) is 13.0. The lowest BCUT2D eigenvalue weighted by Gasteiger charge is -2.29. The highest BCUT2D eigenvalue weighted by atomic mass is 32.1. The zero-order valence-corrected chi connectivity index (χ0v) is 26.0. The largest absolute Gasteiger partial charge is 0.481 e. The molecule has 0 saturated carbocycles. The van der Waals surface area contributed by atoms with Crippen molar-refractivity contribution in [3.63, 3.8) is 0 Å². The van der Waals surface area contributed by atoms with Gasteiger partial charge in [0.05, 0.1) is 19.1 Å². The Morgan fingerprint density at radius 2 is 1.44 bits per heavy atom. The number of nitrogens with zero attached hydrogens (tertiary/aromatic N) is 2. The maximum atomic E-state index is 13.2. The van der Waals surface area contributed by atoms with Gasteiger partial charge in [-0.25, -0.2) is 4.79 Å². The summed E-state index contributed by atoms with van der Waals surface area (Å²) >= 11 is 7.91. The number of carbonyl (C=O) groups is 7. The average molecular weight is 680 g/mol. The van der Waals surface area contributed by atoms with E-state index < -0.39 is 90.8 Å². The predicted molar refractivity (Wildman–Crippen MR) is 165 cm³/mol. The molecule has 1 fully saturated rings. The zero-order valence-electron chi connectivity index (χ0n) is 24.3. The Kier molecular flexibility index (Phi) is 17.0. The number of guanidine groups is 1. The molecule has 0 aromatic carbocycles. The SMILES string of the molecule is NC(N)=NCCCC(N)C(=O)NC(CS)C(=O)NC(CC(=O)O)C(=O)NC(CO)C(=O)N1CCCC1C(=O)NC(CS)C(=O)O. The topological polar surface area (TPSA) is 322 Å². The number of amides is 5. The lowest BCUT2D eigenvalue weighted by atomic mass is 10.1. The molecule has 6 atom stereocenters. The second-order valence-electron chi connectivity index (χ2n) is 9.97. The first kappa shape index (κ1) is 39.2. The molecule has 0 aliphatic carbocycles. The number of aliphatic carboxylic acids is 2. The van der Waals surface area contributed by atoms with Crippen molar-refractivity contribution in [3.8, 4) is 0 Å². The number of hydrogen-bond acceptors (Lipinski definition) is 12. The molecule has 0 aromatic heterocycles. The Balaban J connectivity index is 2.93. The monoisotopic (exact) mass is 679 g/mol. The molecule has 6 unspecified atom stereocenters. The number of carboxylic acids is 2. The van der Waals surface area contributed by atoms with Gasteiger partial charge in [-0.1, -0.05) is 0 Å². The Morgan fingerprint density at radius 1 is 0.867 bits per heavy atom. The quantitative estimate of drug-likeness (QED) is 0.0263. The van der Waals surface area contributed by atoms with E-state index in [-0.39, 0.29) is 43.4 Å². The van der Waals surface area contributed by atoms with Crippen LogP contribution in [-0.2, 0) is 33.6 Å². The molecule has 1 rings (SSSR count). The van der Waals surface area contributed by atoms with Crippen molar-refractivity contribution in [1.82, 2.24) is 26.2 Å². The summed E-state index contributed by atoms with van der Waals surface area (Å²) < 4.78 is 0. The molecule has 0 spiro atoms. The van der Waals surface area contributed by atoms with Crippen LogP contribution in [0.1, 0.15) is 32.1 Å². The number of rotatable bonds is 19. The average Bonchev–Trinajstić information content (AvgIpc) is 3.48. The summed E-state index contributed by atoms with van der Waals surface area (Å²) in [5, 5.41) is 37.4. The van der Waals surface area contributed by atoms with Crippen LogP contribution in [0.3, 0.4) is 0 Å². The summed E-state index contributed by atoms with van der Waals surface area (Å²) in [6.45, 7) is -0.680. The Bertz CT molecular complexity index is 1120. The first-order chi connectivity index (χ1) is 21.2. The molecule has 1 saturated heterocycles. The van der Waals surface area contributed by atoms with Crippen LogP contribution in [0.15, 0.2) is 4.99 Å². The molecule has 13 N–H and O–H groups in total. The van der Waals surface area contributed by atoms with E-state index in [2.05, 4.69) is 51.5 Å². The summed E-state index contributed by atoms with van der Waals surface area (Å²) in [5.41, 5.74) is 16.3. The zero-order chi connectivity index (χ0) is 34.3. The molecule has 254 valence electrons.